The maximum absolute atomic E-state index is 11.4. The van der Waals surface area contributed by atoms with E-state index in [1.54, 1.807) is 20.8 Å². The Hall–Kier alpha value is -1.30. The van der Waals surface area contributed by atoms with Gasteiger partial charge in [-0.05, 0) is 20.8 Å². The molecule has 1 rings (SSSR count). The van der Waals surface area contributed by atoms with Gasteiger partial charge in [0.05, 0.1) is 6.10 Å². The molecule has 6 heteroatoms. The number of carbonyl (C=O) groups excluding carboxylic acids is 2. The van der Waals surface area contributed by atoms with Gasteiger partial charge in [-0.25, -0.2) is 4.79 Å². The Morgan fingerprint density at radius 1 is 1.56 bits per heavy atom. The number of piperidine rings is 1. The summed E-state index contributed by atoms with van der Waals surface area (Å²) >= 11 is 0. The van der Waals surface area contributed by atoms with E-state index in [4.69, 9.17) is 4.74 Å². The molecule has 92 valence electrons. The number of alkyl carbamates (subject to hydrolysis) is 1. The molecule has 2 atom stereocenters. The molecular weight excluding hydrogens is 212 g/mol. The normalized spacial score (nSPS) is 25.9. The molecular formula is C10H18N2O4. The van der Waals surface area contributed by atoms with Gasteiger partial charge in [0.25, 0.3) is 0 Å². The van der Waals surface area contributed by atoms with Crippen molar-refractivity contribution in [3.8, 4) is 0 Å². The largest absolute Gasteiger partial charge is 0.444 e. The van der Waals surface area contributed by atoms with E-state index in [-0.39, 0.29) is 18.9 Å². The van der Waals surface area contributed by atoms with E-state index in [1.165, 1.54) is 0 Å². The predicted molar refractivity (Wildman–Crippen MR) is 56.8 cm³/mol. The molecule has 0 spiro atoms. The Labute approximate surface area is 94.3 Å². The lowest BCUT2D eigenvalue weighted by molar-refractivity contribution is -0.126. The van der Waals surface area contributed by atoms with Gasteiger partial charge in [-0.2, -0.15) is 0 Å². The molecule has 1 fully saturated rings. The quantitative estimate of drug-likeness (QED) is 0.580. The molecule has 0 unspecified atom stereocenters. The molecule has 0 aliphatic carbocycles. The first-order valence-corrected chi connectivity index (χ1v) is 5.23. The highest BCUT2D eigenvalue weighted by molar-refractivity contribution is 5.86. The molecule has 2 amide bonds. The van der Waals surface area contributed by atoms with Gasteiger partial charge in [0.1, 0.15) is 11.6 Å². The zero-order valence-corrected chi connectivity index (χ0v) is 9.74. The van der Waals surface area contributed by atoms with E-state index < -0.39 is 23.8 Å². The van der Waals surface area contributed by atoms with Crippen molar-refractivity contribution in [3.05, 3.63) is 0 Å². The highest BCUT2D eigenvalue weighted by Crippen LogP contribution is 2.09. The van der Waals surface area contributed by atoms with Crippen LogP contribution in [0.2, 0.25) is 0 Å². The molecule has 0 aromatic heterocycles. The average Bonchev–Trinajstić information content (AvgIpc) is 2.08. The van der Waals surface area contributed by atoms with Gasteiger partial charge in [-0.3, -0.25) is 4.79 Å². The summed E-state index contributed by atoms with van der Waals surface area (Å²) in [7, 11) is 0. The summed E-state index contributed by atoms with van der Waals surface area (Å²) in [5.74, 6) is -0.295. The maximum Gasteiger partial charge on any atom is 0.408 e. The number of aliphatic hydroxyl groups is 1. The van der Waals surface area contributed by atoms with Crippen LogP contribution in [0.1, 0.15) is 27.2 Å². The third-order valence-corrected chi connectivity index (χ3v) is 2.03. The van der Waals surface area contributed by atoms with Gasteiger partial charge in [0.15, 0.2) is 0 Å². The van der Waals surface area contributed by atoms with Crippen LogP contribution in [-0.2, 0) is 9.53 Å². The van der Waals surface area contributed by atoms with Crippen molar-refractivity contribution >= 4 is 12.0 Å². The van der Waals surface area contributed by atoms with Crippen LogP contribution >= 0.6 is 0 Å². The average molecular weight is 230 g/mol. The molecule has 0 saturated carbocycles. The fraction of sp³-hybridized carbons (Fsp3) is 0.800. The van der Waals surface area contributed by atoms with Crippen LogP contribution < -0.4 is 10.6 Å². The van der Waals surface area contributed by atoms with Crippen LogP contribution in [0, 0.1) is 0 Å². The second-order valence-electron chi connectivity index (χ2n) is 4.83. The lowest BCUT2D eigenvalue weighted by Gasteiger charge is -2.28. The smallest absolute Gasteiger partial charge is 0.408 e. The number of nitrogens with one attached hydrogen (secondary N) is 2. The van der Waals surface area contributed by atoms with Crippen molar-refractivity contribution in [2.45, 2.75) is 44.9 Å². The number of carbonyl (C=O) groups is 2. The SMILES string of the molecule is CC(C)(C)OC(=O)N[C@@H]1C[C@@H](O)CNC1=O. The minimum atomic E-state index is -0.724. The zero-order valence-electron chi connectivity index (χ0n) is 9.74. The third-order valence-electron chi connectivity index (χ3n) is 2.03. The number of hydrogen-bond acceptors (Lipinski definition) is 4. The molecule has 1 aliphatic heterocycles. The summed E-state index contributed by atoms with van der Waals surface area (Å²) in [5, 5.41) is 14.2. The molecule has 0 radical (unpaired) electrons. The van der Waals surface area contributed by atoms with E-state index >= 15 is 0 Å². The maximum atomic E-state index is 11.4. The van der Waals surface area contributed by atoms with Gasteiger partial charge >= 0.3 is 6.09 Å². The Morgan fingerprint density at radius 3 is 2.75 bits per heavy atom. The van der Waals surface area contributed by atoms with Gasteiger partial charge in [0.2, 0.25) is 5.91 Å². The fourth-order valence-corrected chi connectivity index (χ4v) is 1.38. The topological polar surface area (TPSA) is 87.7 Å². The molecule has 1 saturated heterocycles. The van der Waals surface area contributed by atoms with Crippen LogP contribution in [-0.4, -0.2) is 41.4 Å². The summed E-state index contributed by atoms with van der Waals surface area (Å²) in [5.41, 5.74) is -0.603. The van der Waals surface area contributed by atoms with Gasteiger partial charge < -0.3 is 20.5 Å². The number of aliphatic hydroxyl groups excluding tert-OH is 1. The molecule has 1 heterocycles. The molecule has 16 heavy (non-hydrogen) atoms. The summed E-state index contributed by atoms with van der Waals surface area (Å²) in [4.78, 5) is 22.7. The van der Waals surface area contributed by atoms with Gasteiger partial charge in [-0.15, -0.1) is 0 Å². The molecule has 6 nitrogen and oxygen atoms in total. The first-order chi connectivity index (χ1) is 7.28. The standard InChI is InChI=1S/C10H18N2O4/c1-10(2,3)16-9(15)12-7-4-6(13)5-11-8(7)14/h6-7,13H,4-5H2,1-3H3,(H,11,14)(H,12,15)/t6-,7-/m1/s1. The molecule has 0 aromatic carbocycles. The number of amides is 2. The summed E-state index contributed by atoms with van der Waals surface area (Å²) in [6.07, 6.45) is -1.06. The second-order valence-corrected chi connectivity index (χ2v) is 4.83. The molecule has 1 aliphatic rings. The summed E-state index contributed by atoms with van der Waals surface area (Å²) in [6, 6.07) is -0.724. The van der Waals surface area contributed by atoms with Crippen molar-refractivity contribution < 1.29 is 19.4 Å². The molecule has 0 aromatic rings. The van der Waals surface area contributed by atoms with Crippen LogP contribution in [0.25, 0.3) is 0 Å². The number of β-amino-alcohol motifs (C(OH)–C–C–N with tert-alkyl or cyclic N) is 1. The fourth-order valence-electron chi connectivity index (χ4n) is 1.38. The number of ether oxygens (including phenoxy) is 1. The Balaban J connectivity index is 2.46. The van der Waals surface area contributed by atoms with E-state index in [1.807, 2.05) is 0 Å². The first-order valence-electron chi connectivity index (χ1n) is 5.23. The lowest BCUT2D eigenvalue weighted by Crippen LogP contribution is -2.55. The van der Waals surface area contributed by atoms with Crippen LogP contribution in [0.15, 0.2) is 0 Å². The van der Waals surface area contributed by atoms with E-state index in [0.29, 0.717) is 0 Å². The number of hydrogen-bond donors (Lipinski definition) is 3. The molecule has 3 N–H and O–H groups in total. The zero-order chi connectivity index (χ0) is 12.3. The van der Waals surface area contributed by atoms with Crippen molar-refractivity contribution in [1.29, 1.82) is 0 Å². The third kappa shape index (κ3) is 4.06. The van der Waals surface area contributed by atoms with Crippen LogP contribution in [0.3, 0.4) is 0 Å². The van der Waals surface area contributed by atoms with E-state index in [2.05, 4.69) is 10.6 Å². The van der Waals surface area contributed by atoms with E-state index in [9.17, 15) is 14.7 Å². The summed E-state index contributed by atoms with van der Waals surface area (Å²) < 4.78 is 5.01. The highest BCUT2D eigenvalue weighted by Gasteiger charge is 2.30. The predicted octanol–water partition coefficient (Wildman–Crippen LogP) is -0.240. The van der Waals surface area contributed by atoms with Crippen molar-refractivity contribution in [2.75, 3.05) is 6.54 Å². The van der Waals surface area contributed by atoms with Crippen LogP contribution in [0.5, 0.6) is 0 Å². The minimum absolute atomic E-state index is 0.213. The molecule has 0 bridgehead atoms. The Morgan fingerprint density at radius 2 is 2.19 bits per heavy atom. The first kappa shape index (κ1) is 12.8. The minimum Gasteiger partial charge on any atom is -0.444 e. The van der Waals surface area contributed by atoms with Gasteiger partial charge in [-0.1, -0.05) is 0 Å². The Kier molecular flexibility index (Phi) is 3.74. The summed E-state index contributed by atoms with van der Waals surface area (Å²) in [6.45, 7) is 5.44. The highest BCUT2D eigenvalue weighted by atomic mass is 16.6. The van der Waals surface area contributed by atoms with Gasteiger partial charge in [0, 0.05) is 13.0 Å². The monoisotopic (exact) mass is 230 g/mol. The van der Waals surface area contributed by atoms with Crippen molar-refractivity contribution in [3.63, 3.8) is 0 Å². The van der Waals surface area contributed by atoms with E-state index in [0.717, 1.165) is 0 Å². The Bertz CT molecular complexity index is 285. The van der Waals surface area contributed by atoms with Crippen molar-refractivity contribution in [2.24, 2.45) is 0 Å². The van der Waals surface area contributed by atoms with Crippen LogP contribution in [0.4, 0.5) is 4.79 Å². The van der Waals surface area contributed by atoms with Crippen molar-refractivity contribution in [1.82, 2.24) is 10.6 Å². The lowest BCUT2D eigenvalue weighted by atomic mass is 10.0. The number of rotatable bonds is 1. The second kappa shape index (κ2) is 4.69.